The van der Waals surface area contributed by atoms with Gasteiger partial charge in [-0.25, -0.2) is 4.98 Å². The number of hydrogen-bond acceptors (Lipinski definition) is 7. The maximum absolute atomic E-state index is 13.7. The van der Waals surface area contributed by atoms with E-state index < -0.39 is 0 Å². The van der Waals surface area contributed by atoms with Gasteiger partial charge in [0.2, 0.25) is 5.91 Å². The fraction of sp³-hybridized carbons (Fsp3) is 0.409. The molecule has 1 N–H and O–H groups in total. The van der Waals surface area contributed by atoms with Crippen molar-refractivity contribution in [2.24, 2.45) is 0 Å². The number of nitrogens with zero attached hydrogens (tertiary/aromatic N) is 2. The zero-order valence-electron chi connectivity index (χ0n) is 17.8. The smallest absolute Gasteiger partial charge is 0.267 e. The second-order valence-electron chi connectivity index (χ2n) is 7.40. The van der Waals surface area contributed by atoms with Gasteiger partial charge in [0, 0.05) is 6.04 Å². The number of benzene rings is 1. The van der Waals surface area contributed by atoms with Crippen molar-refractivity contribution in [3.63, 3.8) is 0 Å². The van der Waals surface area contributed by atoms with Crippen molar-refractivity contribution in [3.05, 3.63) is 40.2 Å². The third-order valence-corrected chi connectivity index (χ3v) is 8.71. The summed E-state index contributed by atoms with van der Waals surface area (Å²) in [5.41, 5.74) is 1.77. The van der Waals surface area contributed by atoms with Crippen molar-refractivity contribution in [2.75, 3.05) is 18.6 Å². The molecular formula is C22H25N3O3S3. The summed E-state index contributed by atoms with van der Waals surface area (Å²) < 4.78 is 8.09. The van der Waals surface area contributed by atoms with Crippen LogP contribution in [0.4, 0.5) is 0 Å². The largest absolute Gasteiger partial charge is 0.497 e. The Bertz CT molecular complexity index is 1150. The molecule has 1 amide bonds. The number of thioether (sulfide) groups is 2. The molecule has 0 unspecified atom stereocenters. The molecule has 0 spiro atoms. The maximum atomic E-state index is 13.7. The summed E-state index contributed by atoms with van der Waals surface area (Å²) in [6.45, 7) is 4.01. The number of hydrogen-bond donors (Lipinski definition) is 1. The molecule has 1 aromatic carbocycles. The monoisotopic (exact) mass is 475 g/mol. The molecular weight excluding hydrogens is 450 g/mol. The molecule has 31 heavy (non-hydrogen) atoms. The predicted octanol–water partition coefficient (Wildman–Crippen LogP) is 4.50. The zero-order chi connectivity index (χ0) is 22.0. The standard InChI is InChI=1S/C22H25N3O3S3/c1-4-13(2)23-17(26)12-30-22-24-19-18(16-6-5-11-29-21(16)31-19)20(27)25(22)14-7-9-15(28-3)10-8-14/h7-10,13H,4-6,11-12H2,1-3H3,(H,23,26)/t13-/m0/s1. The van der Waals surface area contributed by atoms with Gasteiger partial charge in [0.1, 0.15) is 10.6 Å². The number of carbonyl (C=O) groups is 1. The molecule has 1 aliphatic rings. The molecule has 6 nitrogen and oxygen atoms in total. The SMILES string of the molecule is CC[C@H](C)NC(=O)CSc1nc2sc3c(c2c(=O)n1-c1ccc(OC)cc1)CCCS3. The topological polar surface area (TPSA) is 73.2 Å². The summed E-state index contributed by atoms with van der Waals surface area (Å²) in [4.78, 5) is 31.7. The van der Waals surface area contributed by atoms with Crippen molar-refractivity contribution < 1.29 is 9.53 Å². The van der Waals surface area contributed by atoms with Crippen LogP contribution in [0.1, 0.15) is 32.3 Å². The average molecular weight is 476 g/mol. The third kappa shape index (κ3) is 4.63. The Morgan fingerprint density at radius 2 is 2.13 bits per heavy atom. The number of nitrogens with one attached hydrogen (secondary N) is 1. The number of methoxy groups -OCH3 is 1. The highest BCUT2D eigenvalue weighted by Gasteiger charge is 2.23. The summed E-state index contributed by atoms with van der Waals surface area (Å²) in [6.07, 6.45) is 2.85. The van der Waals surface area contributed by atoms with E-state index in [1.165, 1.54) is 16.0 Å². The minimum atomic E-state index is -0.0694. The molecule has 1 aliphatic heterocycles. The van der Waals surface area contributed by atoms with E-state index in [1.54, 1.807) is 34.8 Å². The molecule has 0 fully saturated rings. The van der Waals surface area contributed by atoms with Gasteiger partial charge in [0.25, 0.3) is 5.56 Å². The predicted molar refractivity (Wildman–Crippen MR) is 129 cm³/mol. The second-order valence-corrected chi connectivity index (χ2v) is 10.7. The molecule has 164 valence electrons. The minimum absolute atomic E-state index is 0.0593. The lowest BCUT2D eigenvalue weighted by Gasteiger charge is -2.15. The van der Waals surface area contributed by atoms with Crippen molar-refractivity contribution in [1.29, 1.82) is 0 Å². The van der Waals surface area contributed by atoms with E-state index in [2.05, 4.69) is 5.32 Å². The molecule has 1 atom stereocenters. The van der Waals surface area contributed by atoms with Crippen LogP contribution in [0.5, 0.6) is 5.75 Å². The quantitative estimate of drug-likeness (QED) is 0.401. The van der Waals surface area contributed by atoms with Crippen LogP contribution in [0, 0.1) is 0 Å². The molecule has 0 bridgehead atoms. The Hall–Kier alpha value is -1.97. The molecule has 0 aliphatic carbocycles. The first-order valence-electron chi connectivity index (χ1n) is 10.3. The van der Waals surface area contributed by atoms with Crippen LogP contribution in [0.15, 0.2) is 38.4 Å². The van der Waals surface area contributed by atoms with E-state index >= 15 is 0 Å². The lowest BCUT2D eigenvalue weighted by molar-refractivity contribution is -0.119. The van der Waals surface area contributed by atoms with Gasteiger partial charge in [-0.3, -0.25) is 14.2 Å². The van der Waals surface area contributed by atoms with Crippen LogP contribution < -0.4 is 15.6 Å². The Morgan fingerprint density at radius 1 is 1.35 bits per heavy atom. The van der Waals surface area contributed by atoms with E-state index in [9.17, 15) is 9.59 Å². The first kappa shape index (κ1) is 22.2. The van der Waals surface area contributed by atoms with Crippen molar-refractivity contribution in [3.8, 4) is 11.4 Å². The normalized spacial score (nSPS) is 14.3. The molecule has 0 saturated carbocycles. The first-order chi connectivity index (χ1) is 15.0. The molecule has 3 heterocycles. The van der Waals surface area contributed by atoms with Crippen molar-refractivity contribution >= 4 is 51.0 Å². The van der Waals surface area contributed by atoms with Crippen LogP contribution in [0.3, 0.4) is 0 Å². The minimum Gasteiger partial charge on any atom is -0.497 e. The van der Waals surface area contributed by atoms with E-state index in [-0.39, 0.29) is 23.3 Å². The summed E-state index contributed by atoms with van der Waals surface area (Å²) in [5.74, 6) is 1.94. The van der Waals surface area contributed by atoms with Crippen LogP contribution in [-0.4, -0.2) is 40.1 Å². The Morgan fingerprint density at radius 3 is 2.84 bits per heavy atom. The number of rotatable bonds is 7. The number of fused-ring (bicyclic) bond motifs is 3. The first-order valence-corrected chi connectivity index (χ1v) is 13.1. The van der Waals surface area contributed by atoms with E-state index in [1.807, 2.05) is 38.1 Å². The van der Waals surface area contributed by atoms with Crippen molar-refractivity contribution in [2.45, 2.75) is 48.5 Å². The molecule has 4 rings (SSSR count). The summed E-state index contributed by atoms with van der Waals surface area (Å²) in [7, 11) is 1.61. The number of ether oxygens (including phenoxy) is 1. The van der Waals surface area contributed by atoms with E-state index in [0.29, 0.717) is 10.8 Å². The average Bonchev–Trinajstić information content (AvgIpc) is 3.16. The lowest BCUT2D eigenvalue weighted by atomic mass is 10.1. The summed E-state index contributed by atoms with van der Waals surface area (Å²) >= 11 is 4.69. The van der Waals surface area contributed by atoms with Gasteiger partial charge in [-0.1, -0.05) is 18.7 Å². The van der Waals surface area contributed by atoms with E-state index in [0.717, 1.165) is 46.5 Å². The van der Waals surface area contributed by atoms with Gasteiger partial charge in [0.15, 0.2) is 5.16 Å². The fourth-order valence-electron chi connectivity index (χ4n) is 3.43. The third-order valence-electron chi connectivity index (χ3n) is 5.24. The van der Waals surface area contributed by atoms with Gasteiger partial charge < -0.3 is 10.1 Å². The number of aromatic nitrogens is 2. The molecule has 0 radical (unpaired) electrons. The summed E-state index contributed by atoms with van der Waals surface area (Å²) in [5, 5.41) is 4.23. The van der Waals surface area contributed by atoms with Gasteiger partial charge in [-0.2, -0.15) is 0 Å². The Balaban J connectivity index is 1.78. The second kappa shape index (κ2) is 9.67. The highest BCUT2D eigenvalue weighted by Crippen LogP contribution is 2.41. The lowest BCUT2D eigenvalue weighted by Crippen LogP contribution is -2.33. The number of thiophene rings is 1. The van der Waals surface area contributed by atoms with Gasteiger partial charge in [-0.15, -0.1) is 23.1 Å². The Labute approximate surface area is 193 Å². The highest BCUT2D eigenvalue weighted by atomic mass is 32.2. The molecule has 0 saturated heterocycles. The fourth-order valence-corrected chi connectivity index (χ4v) is 6.83. The molecule has 9 heteroatoms. The van der Waals surface area contributed by atoms with Crippen LogP contribution >= 0.6 is 34.9 Å². The summed E-state index contributed by atoms with van der Waals surface area (Å²) in [6, 6.07) is 7.48. The van der Waals surface area contributed by atoms with Gasteiger partial charge >= 0.3 is 0 Å². The zero-order valence-corrected chi connectivity index (χ0v) is 20.2. The van der Waals surface area contributed by atoms with Crippen LogP contribution in [0.2, 0.25) is 0 Å². The van der Waals surface area contributed by atoms with E-state index in [4.69, 9.17) is 9.72 Å². The van der Waals surface area contributed by atoms with Gasteiger partial charge in [-0.05, 0) is 61.8 Å². The van der Waals surface area contributed by atoms with Crippen LogP contribution in [0.25, 0.3) is 15.9 Å². The molecule has 2 aromatic heterocycles. The Kier molecular flexibility index (Phi) is 6.93. The molecule has 3 aromatic rings. The maximum Gasteiger partial charge on any atom is 0.267 e. The van der Waals surface area contributed by atoms with Gasteiger partial charge in [0.05, 0.1) is 28.1 Å². The number of amides is 1. The number of aryl methyl sites for hydroxylation is 1. The van der Waals surface area contributed by atoms with Crippen molar-refractivity contribution in [1.82, 2.24) is 14.9 Å². The van der Waals surface area contributed by atoms with Crippen LogP contribution in [-0.2, 0) is 11.2 Å². The highest BCUT2D eigenvalue weighted by molar-refractivity contribution is 8.01. The number of carbonyl (C=O) groups excluding carboxylic acids is 1.